The summed E-state index contributed by atoms with van der Waals surface area (Å²) in [6.07, 6.45) is 3.38. The second-order valence-corrected chi connectivity index (χ2v) is 6.20. The molecule has 0 heterocycles. The van der Waals surface area contributed by atoms with Gasteiger partial charge in [0, 0.05) is 36.4 Å². The van der Waals surface area contributed by atoms with Crippen molar-refractivity contribution in [3.63, 3.8) is 0 Å². The van der Waals surface area contributed by atoms with Crippen LogP contribution >= 0.6 is 24.0 Å². The van der Waals surface area contributed by atoms with Crippen LogP contribution in [0.3, 0.4) is 0 Å². The van der Waals surface area contributed by atoms with Gasteiger partial charge in [0.2, 0.25) is 0 Å². The third-order valence-corrected chi connectivity index (χ3v) is 4.06. The molecule has 0 bridgehead atoms. The Morgan fingerprint density at radius 3 is 2.80 bits per heavy atom. The number of thiocarbonyl (C=S) groups is 1. The van der Waals surface area contributed by atoms with Crippen LogP contribution in [0.2, 0.25) is 0 Å². The Labute approximate surface area is 131 Å². The molecule has 0 amide bonds. The first-order valence-electron chi connectivity index (χ1n) is 6.99. The van der Waals surface area contributed by atoms with Crippen LogP contribution in [0.1, 0.15) is 31.7 Å². The van der Waals surface area contributed by atoms with Gasteiger partial charge in [-0.1, -0.05) is 25.2 Å². The number of anilines is 1. The third kappa shape index (κ3) is 5.69. The highest BCUT2D eigenvalue weighted by molar-refractivity contribution is 7.99. The van der Waals surface area contributed by atoms with Gasteiger partial charge in [-0.3, -0.25) is 0 Å². The summed E-state index contributed by atoms with van der Waals surface area (Å²) in [5.74, 6) is 1.01. The Morgan fingerprint density at radius 1 is 1.35 bits per heavy atom. The highest BCUT2D eigenvalue weighted by atomic mass is 32.2. The van der Waals surface area contributed by atoms with Gasteiger partial charge < -0.3 is 15.8 Å². The van der Waals surface area contributed by atoms with E-state index in [1.807, 2.05) is 12.1 Å². The SMILES string of the molecule is CCSc1cccc(NCCCCCOC)c1C(N)=S. The molecule has 0 spiro atoms. The zero-order valence-electron chi connectivity index (χ0n) is 12.3. The first kappa shape index (κ1) is 17.3. The van der Waals surface area contributed by atoms with Crippen LogP contribution in [0, 0.1) is 0 Å². The third-order valence-electron chi connectivity index (χ3n) is 2.91. The molecule has 1 rings (SSSR count). The van der Waals surface area contributed by atoms with Crippen LogP contribution in [-0.4, -0.2) is 31.0 Å². The Morgan fingerprint density at radius 2 is 2.15 bits per heavy atom. The number of benzene rings is 1. The maximum absolute atomic E-state index is 5.88. The van der Waals surface area contributed by atoms with Crippen LogP contribution < -0.4 is 11.1 Å². The van der Waals surface area contributed by atoms with Crippen molar-refractivity contribution in [1.29, 1.82) is 0 Å². The lowest BCUT2D eigenvalue weighted by atomic mass is 10.1. The molecule has 3 nitrogen and oxygen atoms in total. The van der Waals surface area contributed by atoms with Crippen molar-refractivity contribution in [1.82, 2.24) is 0 Å². The number of nitrogens with two attached hydrogens (primary N) is 1. The predicted molar refractivity (Wildman–Crippen MR) is 92.9 cm³/mol. The predicted octanol–water partition coefficient (Wildman–Crippen LogP) is 3.66. The molecule has 3 N–H and O–H groups in total. The first-order chi connectivity index (χ1) is 9.70. The van der Waals surface area contributed by atoms with Gasteiger partial charge in [0.05, 0.1) is 0 Å². The first-order valence-corrected chi connectivity index (χ1v) is 8.38. The second kappa shape index (κ2) is 10.0. The average molecular weight is 313 g/mol. The molecule has 0 saturated carbocycles. The van der Waals surface area contributed by atoms with E-state index in [0.717, 1.165) is 54.3 Å². The van der Waals surface area contributed by atoms with E-state index < -0.39 is 0 Å². The number of hydrogen-bond acceptors (Lipinski definition) is 4. The van der Waals surface area contributed by atoms with Crippen molar-refractivity contribution in [2.24, 2.45) is 5.73 Å². The topological polar surface area (TPSA) is 47.3 Å². The normalized spacial score (nSPS) is 10.5. The molecule has 0 aliphatic carbocycles. The van der Waals surface area contributed by atoms with Gasteiger partial charge in [-0.05, 0) is 37.1 Å². The van der Waals surface area contributed by atoms with Crippen LogP contribution in [0.4, 0.5) is 5.69 Å². The summed E-state index contributed by atoms with van der Waals surface area (Å²) in [7, 11) is 1.74. The number of thioether (sulfide) groups is 1. The molecule has 5 heteroatoms. The van der Waals surface area contributed by atoms with Crippen molar-refractivity contribution in [3.8, 4) is 0 Å². The molecule has 1 aromatic carbocycles. The molecule has 0 aliphatic heterocycles. The van der Waals surface area contributed by atoms with Gasteiger partial charge in [0.25, 0.3) is 0 Å². The van der Waals surface area contributed by atoms with E-state index in [2.05, 4.69) is 18.3 Å². The van der Waals surface area contributed by atoms with E-state index in [1.165, 1.54) is 0 Å². The standard InChI is InChI=1S/C15H24N2OS2/c1-3-20-13-9-7-8-12(14(13)15(16)19)17-10-5-4-6-11-18-2/h7-9,17H,3-6,10-11H2,1-2H3,(H2,16,19). The van der Waals surface area contributed by atoms with Crippen molar-refractivity contribution >= 4 is 34.7 Å². The summed E-state index contributed by atoms with van der Waals surface area (Å²) in [5, 5.41) is 3.45. The van der Waals surface area contributed by atoms with Gasteiger partial charge in [0.1, 0.15) is 4.99 Å². The monoisotopic (exact) mass is 312 g/mol. The Balaban J connectivity index is 2.60. The van der Waals surface area contributed by atoms with Gasteiger partial charge in [-0.2, -0.15) is 0 Å². The molecular weight excluding hydrogens is 288 g/mol. The molecule has 1 aromatic rings. The summed E-state index contributed by atoms with van der Waals surface area (Å²) in [6, 6.07) is 6.17. The fourth-order valence-corrected chi connectivity index (χ4v) is 3.11. The minimum absolute atomic E-state index is 0.462. The Kier molecular flexibility index (Phi) is 8.65. The zero-order valence-corrected chi connectivity index (χ0v) is 13.9. The Bertz CT molecular complexity index is 424. The number of rotatable bonds is 10. The molecule has 0 atom stereocenters. The van der Waals surface area contributed by atoms with Crippen molar-refractivity contribution < 1.29 is 4.74 Å². The van der Waals surface area contributed by atoms with E-state index in [9.17, 15) is 0 Å². The second-order valence-electron chi connectivity index (χ2n) is 4.46. The molecule has 20 heavy (non-hydrogen) atoms. The number of unbranched alkanes of at least 4 members (excludes halogenated alkanes) is 2. The van der Waals surface area contributed by atoms with Gasteiger partial charge in [0.15, 0.2) is 0 Å². The highest BCUT2D eigenvalue weighted by Gasteiger charge is 2.10. The zero-order chi connectivity index (χ0) is 14.8. The smallest absolute Gasteiger partial charge is 0.107 e. The minimum Gasteiger partial charge on any atom is -0.389 e. The highest BCUT2D eigenvalue weighted by Crippen LogP contribution is 2.28. The number of methoxy groups -OCH3 is 1. The lowest BCUT2D eigenvalue weighted by molar-refractivity contribution is 0.192. The molecule has 0 unspecified atom stereocenters. The molecule has 0 aromatic heterocycles. The largest absolute Gasteiger partial charge is 0.389 e. The molecule has 0 saturated heterocycles. The summed E-state index contributed by atoms with van der Waals surface area (Å²) in [5.41, 5.74) is 7.90. The fourth-order valence-electron chi connectivity index (χ4n) is 1.98. The van der Waals surface area contributed by atoms with E-state index in [-0.39, 0.29) is 0 Å². The maximum atomic E-state index is 5.88. The molecule has 112 valence electrons. The lowest BCUT2D eigenvalue weighted by Gasteiger charge is -2.14. The van der Waals surface area contributed by atoms with Crippen molar-refractivity contribution in [2.75, 3.05) is 31.3 Å². The fraction of sp³-hybridized carbons (Fsp3) is 0.533. The molecule has 0 radical (unpaired) electrons. The van der Waals surface area contributed by atoms with Crippen molar-refractivity contribution in [2.45, 2.75) is 31.1 Å². The van der Waals surface area contributed by atoms with Crippen LogP contribution in [0.15, 0.2) is 23.1 Å². The maximum Gasteiger partial charge on any atom is 0.107 e. The van der Waals surface area contributed by atoms with E-state index >= 15 is 0 Å². The average Bonchev–Trinajstić information content (AvgIpc) is 2.43. The summed E-state index contributed by atoms with van der Waals surface area (Å²) in [4.78, 5) is 1.62. The summed E-state index contributed by atoms with van der Waals surface area (Å²) < 4.78 is 5.04. The summed E-state index contributed by atoms with van der Waals surface area (Å²) >= 11 is 6.97. The van der Waals surface area contributed by atoms with Crippen molar-refractivity contribution in [3.05, 3.63) is 23.8 Å². The number of ether oxygens (including phenoxy) is 1. The van der Waals surface area contributed by atoms with Crippen LogP contribution in [0.25, 0.3) is 0 Å². The van der Waals surface area contributed by atoms with E-state index in [0.29, 0.717) is 4.99 Å². The molecular formula is C15H24N2OS2. The van der Waals surface area contributed by atoms with E-state index in [4.69, 9.17) is 22.7 Å². The van der Waals surface area contributed by atoms with E-state index in [1.54, 1.807) is 18.9 Å². The summed E-state index contributed by atoms with van der Waals surface area (Å²) in [6.45, 7) is 3.89. The number of hydrogen-bond donors (Lipinski definition) is 2. The Hall–Kier alpha value is -0.780. The van der Waals surface area contributed by atoms with Crippen LogP contribution in [-0.2, 0) is 4.74 Å². The van der Waals surface area contributed by atoms with Crippen LogP contribution in [0.5, 0.6) is 0 Å². The quantitative estimate of drug-likeness (QED) is 0.392. The molecule has 0 aliphatic rings. The minimum atomic E-state index is 0.462. The number of nitrogens with one attached hydrogen (secondary N) is 1. The lowest BCUT2D eigenvalue weighted by Crippen LogP contribution is -2.15. The van der Waals surface area contributed by atoms with Gasteiger partial charge in [-0.25, -0.2) is 0 Å². The molecule has 0 fully saturated rings. The van der Waals surface area contributed by atoms with Gasteiger partial charge >= 0.3 is 0 Å². The van der Waals surface area contributed by atoms with Gasteiger partial charge in [-0.15, -0.1) is 11.8 Å².